The van der Waals surface area contributed by atoms with Crippen LogP contribution in [0.1, 0.15) is 32.7 Å². The van der Waals surface area contributed by atoms with Crippen molar-refractivity contribution < 1.29 is 9.53 Å². The standard InChI is InChI=1S/C18H22N4O2/c1-3-24-18(23)21-10-12(2)20-16-7-4-13(8-17(16)21)14-9-19-22(11-14)15-5-6-15/h4,7-9,11-12,15,20H,3,5-6,10H2,1-2H3. The Morgan fingerprint density at radius 3 is 2.96 bits per heavy atom. The van der Waals surface area contributed by atoms with Crippen LogP contribution in [0.4, 0.5) is 16.2 Å². The Morgan fingerprint density at radius 1 is 1.38 bits per heavy atom. The summed E-state index contributed by atoms with van der Waals surface area (Å²) >= 11 is 0. The van der Waals surface area contributed by atoms with Crippen LogP contribution in [0.2, 0.25) is 0 Å². The number of ether oxygens (including phenoxy) is 1. The van der Waals surface area contributed by atoms with Gasteiger partial charge in [-0.3, -0.25) is 9.58 Å². The third-order valence-electron chi connectivity index (χ3n) is 4.49. The molecule has 2 heterocycles. The molecule has 1 fully saturated rings. The fourth-order valence-electron chi connectivity index (χ4n) is 3.14. The zero-order valence-electron chi connectivity index (χ0n) is 14.0. The van der Waals surface area contributed by atoms with Crippen molar-refractivity contribution >= 4 is 17.5 Å². The normalized spacial score (nSPS) is 19.6. The summed E-state index contributed by atoms with van der Waals surface area (Å²) in [4.78, 5) is 14.0. The Morgan fingerprint density at radius 2 is 2.21 bits per heavy atom. The minimum absolute atomic E-state index is 0.186. The molecule has 1 unspecified atom stereocenters. The SMILES string of the molecule is CCOC(=O)N1CC(C)Nc2ccc(-c3cnn(C4CC4)c3)cc21. The first-order chi connectivity index (χ1) is 11.7. The first-order valence-electron chi connectivity index (χ1n) is 8.55. The van der Waals surface area contributed by atoms with E-state index in [1.54, 1.807) is 4.90 Å². The Balaban J connectivity index is 1.68. The van der Waals surface area contributed by atoms with E-state index < -0.39 is 0 Å². The van der Waals surface area contributed by atoms with Gasteiger partial charge in [0, 0.05) is 24.3 Å². The van der Waals surface area contributed by atoms with Crippen LogP contribution in [-0.4, -0.2) is 35.1 Å². The Labute approximate surface area is 141 Å². The van der Waals surface area contributed by atoms with Gasteiger partial charge in [-0.05, 0) is 44.4 Å². The molecule has 1 amide bonds. The molecule has 1 aliphatic carbocycles. The molecule has 0 spiro atoms. The van der Waals surface area contributed by atoms with Crippen molar-refractivity contribution in [2.75, 3.05) is 23.4 Å². The van der Waals surface area contributed by atoms with E-state index in [0.29, 0.717) is 19.2 Å². The van der Waals surface area contributed by atoms with Crippen LogP contribution >= 0.6 is 0 Å². The summed E-state index contributed by atoms with van der Waals surface area (Å²) in [5.41, 5.74) is 3.96. The van der Waals surface area contributed by atoms with Gasteiger partial charge in [-0.15, -0.1) is 0 Å². The van der Waals surface area contributed by atoms with Crippen molar-refractivity contribution in [1.29, 1.82) is 0 Å². The minimum atomic E-state index is -0.294. The number of benzene rings is 1. The highest BCUT2D eigenvalue weighted by molar-refractivity contribution is 5.95. The fourth-order valence-corrected chi connectivity index (χ4v) is 3.14. The van der Waals surface area contributed by atoms with Crippen LogP contribution in [0.15, 0.2) is 30.6 Å². The zero-order chi connectivity index (χ0) is 16.7. The van der Waals surface area contributed by atoms with E-state index in [-0.39, 0.29) is 12.1 Å². The number of anilines is 2. The number of carbonyl (C=O) groups excluding carboxylic acids is 1. The topological polar surface area (TPSA) is 59.4 Å². The zero-order valence-corrected chi connectivity index (χ0v) is 14.0. The lowest BCUT2D eigenvalue weighted by Gasteiger charge is -2.33. The van der Waals surface area contributed by atoms with Gasteiger partial charge < -0.3 is 10.1 Å². The lowest BCUT2D eigenvalue weighted by Crippen LogP contribution is -2.43. The summed E-state index contributed by atoms with van der Waals surface area (Å²) in [7, 11) is 0. The highest BCUT2D eigenvalue weighted by Crippen LogP contribution is 2.38. The van der Waals surface area contributed by atoms with Gasteiger partial charge in [-0.1, -0.05) is 6.07 Å². The summed E-state index contributed by atoms with van der Waals surface area (Å²) in [5, 5.41) is 7.89. The second kappa shape index (κ2) is 5.85. The van der Waals surface area contributed by atoms with Crippen LogP contribution in [0.25, 0.3) is 11.1 Å². The molecule has 0 radical (unpaired) electrons. The van der Waals surface area contributed by atoms with Gasteiger partial charge in [0.25, 0.3) is 0 Å². The van der Waals surface area contributed by atoms with Crippen LogP contribution in [0.3, 0.4) is 0 Å². The van der Waals surface area contributed by atoms with Crippen molar-refractivity contribution in [2.24, 2.45) is 0 Å². The monoisotopic (exact) mass is 326 g/mol. The predicted molar refractivity (Wildman–Crippen MR) is 93.4 cm³/mol. The number of nitrogens with zero attached hydrogens (tertiary/aromatic N) is 3. The van der Waals surface area contributed by atoms with E-state index in [4.69, 9.17) is 4.74 Å². The van der Waals surface area contributed by atoms with Crippen LogP contribution in [-0.2, 0) is 4.74 Å². The molecule has 4 rings (SSSR count). The molecule has 1 N–H and O–H groups in total. The number of carbonyl (C=O) groups is 1. The number of hydrogen-bond donors (Lipinski definition) is 1. The third kappa shape index (κ3) is 2.72. The number of nitrogens with one attached hydrogen (secondary N) is 1. The van der Waals surface area contributed by atoms with Crippen molar-refractivity contribution in [3.05, 3.63) is 30.6 Å². The molecule has 6 heteroatoms. The Hall–Kier alpha value is -2.50. The summed E-state index contributed by atoms with van der Waals surface area (Å²) in [5.74, 6) is 0. The maximum atomic E-state index is 12.3. The molecule has 0 saturated heterocycles. The van der Waals surface area contributed by atoms with E-state index in [2.05, 4.69) is 29.6 Å². The predicted octanol–water partition coefficient (Wildman–Crippen LogP) is 3.66. The number of aromatic nitrogens is 2. The second-order valence-electron chi connectivity index (χ2n) is 6.53. The van der Waals surface area contributed by atoms with E-state index >= 15 is 0 Å². The van der Waals surface area contributed by atoms with Crippen molar-refractivity contribution in [3.8, 4) is 11.1 Å². The van der Waals surface area contributed by atoms with E-state index in [1.165, 1.54) is 12.8 Å². The average molecular weight is 326 g/mol. The van der Waals surface area contributed by atoms with Gasteiger partial charge in [-0.2, -0.15) is 5.10 Å². The highest BCUT2D eigenvalue weighted by Gasteiger charge is 2.28. The molecular weight excluding hydrogens is 304 g/mol. The summed E-state index contributed by atoms with van der Waals surface area (Å²) in [6.07, 6.45) is 6.12. The minimum Gasteiger partial charge on any atom is -0.449 e. The van der Waals surface area contributed by atoms with Gasteiger partial charge in [0.15, 0.2) is 0 Å². The molecule has 1 saturated carbocycles. The molecule has 1 aromatic carbocycles. The molecule has 1 atom stereocenters. The lowest BCUT2D eigenvalue weighted by atomic mass is 10.0. The largest absolute Gasteiger partial charge is 0.449 e. The summed E-state index contributed by atoms with van der Waals surface area (Å²) < 4.78 is 7.26. The Bertz CT molecular complexity index is 766. The van der Waals surface area contributed by atoms with Gasteiger partial charge in [0.1, 0.15) is 0 Å². The molecule has 6 nitrogen and oxygen atoms in total. The van der Waals surface area contributed by atoms with Gasteiger partial charge >= 0.3 is 6.09 Å². The number of rotatable bonds is 3. The molecule has 126 valence electrons. The molecular formula is C18H22N4O2. The second-order valence-corrected chi connectivity index (χ2v) is 6.53. The highest BCUT2D eigenvalue weighted by atomic mass is 16.6. The maximum absolute atomic E-state index is 12.3. The Kier molecular flexibility index (Phi) is 3.67. The molecule has 1 aromatic heterocycles. The number of hydrogen-bond acceptors (Lipinski definition) is 4. The van der Waals surface area contributed by atoms with Crippen molar-refractivity contribution in [2.45, 2.75) is 38.8 Å². The maximum Gasteiger partial charge on any atom is 0.414 e. The quantitative estimate of drug-likeness (QED) is 0.935. The first kappa shape index (κ1) is 15.1. The third-order valence-corrected chi connectivity index (χ3v) is 4.49. The smallest absolute Gasteiger partial charge is 0.414 e. The molecule has 24 heavy (non-hydrogen) atoms. The van der Waals surface area contributed by atoms with Crippen LogP contribution in [0, 0.1) is 0 Å². The van der Waals surface area contributed by atoms with Crippen LogP contribution in [0.5, 0.6) is 0 Å². The van der Waals surface area contributed by atoms with Gasteiger partial charge in [0.2, 0.25) is 0 Å². The van der Waals surface area contributed by atoms with Gasteiger partial charge in [0.05, 0.1) is 30.2 Å². The van der Waals surface area contributed by atoms with E-state index in [0.717, 1.165) is 22.5 Å². The number of amides is 1. The average Bonchev–Trinajstić information content (AvgIpc) is 3.31. The first-order valence-corrected chi connectivity index (χ1v) is 8.55. The lowest BCUT2D eigenvalue weighted by molar-refractivity contribution is 0.159. The molecule has 2 aromatic rings. The number of fused-ring (bicyclic) bond motifs is 1. The van der Waals surface area contributed by atoms with Crippen LogP contribution < -0.4 is 10.2 Å². The van der Waals surface area contributed by atoms with Crippen molar-refractivity contribution in [1.82, 2.24) is 9.78 Å². The fraction of sp³-hybridized carbons (Fsp3) is 0.444. The summed E-state index contributed by atoms with van der Waals surface area (Å²) in [6.45, 7) is 4.85. The molecule has 1 aliphatic heterocycles. The van der Waals surface area contributed by atoms with E-state index in [9.17, 15) is 4.79 Å². The molecule has 0 bridgehead atoms. The van der Waals surface area contributed by atoms with Gasteiger partial charge in [-0.25, -0.2) is 4.79 Å². The summed E-state index contributed by atoms with van der Waals surface area (Å²) in [6, 6.07) is 6.89. The molecule has 2 aliphatic rings. The van der Waals surface area contributed by atoms with Crippen molar-refractivity contribution in [3.63, 3.8) is 0 Å². The van der Waals surface area contributed by atoms with E-state index in [1.807, 2.05) is 29.9 Å².